The average Bonchev–Trinajstić information content (AvgIpc) is 2.20. The largest absolute Gasteiger partial charge is 0.352 e. The van der Waals surface area contributed by atoms with Crippen molar-refractivity contribution in [3.8, 4) is 0 Å². The standard InChI is InChI=1S/C11H21ClN2O/c1-7(2)10(13)11(15)14-9-5-3-8(12)4-6-9/h7-10H,3-6,13H2,1-2H3,(H,14,15)/t8?,9?,10-/m0/s1. The van der Waals surface area contributed by atoms with E-state index < -0.39 is 6.04 Å². The molecule has 0 aromatic rings. The van der Waals surface area contributed by atoms with E-state index in [9.17, 15) is 4.79 Å². The minimum absolute atomic E-state index is 0.0250. The monoisotopic (exact) mass is 232 g/mol. The van der Waals surface area contributed by atoms with Gasteiger partial charge in [-0.1, -0.05) is 13.8 Å². The molecule has 1 amide bonds. The van der Waals surface area contributed by atoms with Crippen LogP contribution in [0.4, 0.5) is 0 Å². The highest BCUT2D eigenvalue weighted by atomic mass is 35.5. The predicted octanol–water partition coefficient (Wildman–Crippen LogP) is 1.64. The van der Waals surface area contributed by atoms with E-state index in [2.05, 4.69) is 5.32 Å². The molecular formula is C11H21ClN2O. The third-order valence-electron chi connectivity index (χ3n) is 3.02. The van der Waals surface area contributed by atoms with Crippen LogP contribution in [-0.4, -0.2) is 23.4 Å². The number of rotatable bonds is 3. The average molecular weight is 233 g/mol. The summed E-state index contributed by atoms with van der Waals surface area (Å²) in [6.45, 7) is 3.92. The minimum Gasteiger partial charge on any atom is -0.352 e. The van der Waals surface area contributed by atoms with Crippen LogP contribution in [0.2, 0.25) is 0 Å². The zero-order valence-corrected chi connectivity index (χ0v) is 10.3. The molecule has 0 unspecified atom stereocenters. The van der Waals surface area contributed by atoms with Crippen molar-refractivity contribution in [2.45, 2.75) is 57.0 Å². The van der Waals surface area contributed by atoms with Crippen LogP contribution < -0.4 is 11.1 Å². The minimum atomic E-state index is -0.390. The Labute approximate surface area is 96.7 Å². The van der Waals surface area contributed by atoms with Crippen LogP contribution in [0.3, 0.4) is 0 Å². The number of nitrogens with two attached hydrogens (primary N) is 1. The van der Waals surface area contributed by atoms with Gasteiger partial charge in [0.1, 0.15) is 0 Å². The maximum Gasteiger partial charge on any atom is 0.237 e. The molecule has 1 aliphatic rings. The summed E-state index contributed by atoms with van der Waals surface area (Å²) >= 11 is 5.99. The van der Waals surface area contributed by atoms with Crippen LogP contribution in [0.15, 0.2) is 0 Å². The van der Waals surface area contributed by atoms with Crippen molar-refractivity contribution in [3.63, 3.8) is 0 Å². The van der Waals surface area contributed by atoms with Crippen molar-refractivity contribution in [2.75, 3.05) is 0 Å². The number of amides is 1. The quantitative estimate of drug-likeness (QED) is 0.727. The second kappa shape index (κ2) is 5.71. The van der Waals surface area contributed by atoms with E-state index in [1.165, 1.54) is 0 Å². The lowest BCUT2D eigenvalue weighted by Gasteiger charge is -2.27. The Hall–Kier alpha value is -0.280. The van der Waals surface area contributed by atoms with Crippen LogP contribution in [0.1, 0.15) is 39.5 Å². The third kappa shape index (κ3) is 3.99. The molecule has 3 N–H and O–H groups in total. The Bertz CT molecular complexity index is 213. The highest BCUT2D eigenvalue weighted by molar-refractivity contribution is 6.20. The molecule has 0 aromatic carbocycles. The molecule has 1 saturated carbocycles. The van der Waals surface area contributed by atoms with Gasteiger partial charge in [0.15, 0.2) is 0 Å². The van der Waals surface area contributed by atoms with Crippen molar-refractivity contribution in [3.05, 3.63) is 0 Å². The van der Waals surface area contributed by atoms with Crippen molar-refractivity contribution < 1.29 is 4.79 Å². The van der Waals surface area contributed by atoms with Crippen molar-refractivity contribution in [2.24, 2.45) is 11.7 Å². The molecule has 15 heavy (non-hydrogen) atoms. The molecule has 1 aliphatic carbocycles. The molecule has 4 heteroatoms. The third-order valence-corrected chi connectivity index (χ3v) is 3.46. The fourth-order valence-corrected chi connectivity index (χ4v) is 2.05. The fraction of sp³-hybridized carbons (Fsp3) is 0.909. The van der Waals surface area contributed by atoms with E-state index in [0.717, 1.165) is 25.7 Å². The Morgan fingerprint density at radius 1 is 1.33 bits per heavy atom. The lowest BCUT2D eigenvalue weighted by molar-refractivity contribution is -0.124. The van der Waals surface area contributed by atoms with Gasteiger partial charge in [-0.2, -0.15) is 0 Å². The van der Waals surface area contributed by atoms with Crippen LogP contribution in [0, 0.1) is 5.92 Å². The van der Waals surface area contributed by atoms with Crippen molar-refractivity contribution in [1.82, 2.24) is 5.32 Å². The molecule has 0 radical (unpaired) electrons. The maximum atomic E-state index is 11.7. The number of alkyl halides is 1. The van der Waals surface area contributed by atoms with E-state index in [-0.39, 0.29) is 23.2 Å². The van der Waals surface area contributed by atoms with Gasteiger partial charge in [0.05, 0.1) is 6.04 Å². The van der Waals surface area contributed by atoms with Gasteiger partial charge in [-0.05, 0) is 31.6 Å². The van der Waals surface area contributed by atoms with Gasteiger partial charge < -0.3 is 11.1 Å². The Morgan fingerprint density at radius 2 is 1.87 bits per heavy atom. The zero-order chi connectivity index (χ0) is 11.4. The zero-order valence-electron chi connectivity index (χ0n) is 9.50. The highest BCUT2D eigenvalue weighted by Gasteiger charge is 2.24. The van der Waals surface area contributed by atoms with Crippen LogP contribution in [0.25, 0.3) is 0 Å². The van der Waals surface area contributed by atoms with Gasteiger partial charge in [-0.3, -0.25) is 4.79 Å². The van der Waals surface area contributed by atoms with E-state index in [4.69, 9.17) is 17.3 Å². The summed E-state index contributed by atoms with van der Waals surface area (Å²) in [7, 11) is 0. The molecule has 0 heterocycles. The highest BCUT2D eigenvalue weighted by Crippen LogP contribution is 2.22. The first-order valence-corrected chi connectivity index (χ1v) is 6.14. The van der Waals surface area contributed by atoms with Gasteiger partial charge in [0.25, 0.3) is 0 Å². The molecule has 0 saturated heterocycles. The summed E-state index contributed by atoms with van der Waals surface area (Å²) in [5.41, 5.74) is 5.77. The van der Waals surface area contributed by atoms with E-state index in [1.54, 1.807) is 0 Å². The molecular weight excluding hydrogens is 212 g/mol. The van der Waals surface area contributed by atoms with Gasteiger partial charge in [-0.25, -0.2) is 0 Å². The van der Waals surface area contributed by atoms with Crippen molar-refractivity contribution in [1.29, 1.82) is 0 Å². The fourth-order valence-electron chi connectivity index (χ4n) is 1.80. The summed E-state index contributed by atoms with van der Waals surface area (Å²) < 4.78 is 0. The first-order chi connectivity index (χ1) is 7.00. The van der Waals surface area contributed by atoms with Crippen LogP contribution in [0.5, 0.6) is 0 Å². The Balaban J connectivity index is 2.32. The van der Waals surface area contributed by atoms with Gasteiger partial charge >= 0.3 is 0 Å². The second-order valence-corrected chi connectivity index (χ2v) is 5.34. The SMILES string of the molecule is CC(C)[C@H](N)C(=O)NC1CCC(Cl)CC1. The number of hydrogen-bond acceptors (Lipinski definition) is 2. The number of halogens is 1. The van der Waals surface area contributed by atoms with Crippen LogP contribution in [-0.2, 0) is 4.79 Å². The summed E-state index contributed by atoms with van der Waals surface area (Å²) in [6, 6.07) is -0.115. The molecule has 0 aliphatic heterocycles. The van der Waals surface area contributed by atoms with E-state index in [1.807, 2.05) is 13.8 Å². The van der Waals surface area contributed by atoms with Gasteiger partial charge in [0, 0.05) is 11.4 Å². The van der Waals surface area contributed by atoms with Crippen LogP contribution >= 0.6 is 11.6 Å². The summed E-state index contributed by atoms with van der Waals surface area (Å²) in [5, 5.41) is 3.29. The number of nitrogens with one attached hydrogen (secondary N) is 1. The molecule has 0 aromatic heterocycles. The number of hydrogen-bond donors (Lipinski definition) is 2. The smallest absolute Gasteiger partial charge is 0.237 e. The molecule has 0 spiro atoms. The molecule has 0 bridgehead atoms. The summed E-state index contributed by atoms with van der Waals surface area (Å²) in [5.74, 6) is 0.164. The topological polar surface area (TPSA) is 55.1 Å². The first kappa shape index (κ1) is 12.8. The second-order valence-electron chi connectivity index (χ2n) is 4.73. The van der Waals surface area contributed by atoms with Gasteiger partial charge in [0.2, 0.25) is 5.91 Å². The predicted molar refractivity (Wildman–Crippen MR) is 62.9 cm³/mol. The molecule has 1 rings (SSSR count). The van der Waals surface area contributed by atoms with Crippen molar-refractivity contribution >= 4 is 17.5 Å². The Morgan fingerprint density at radius 3 is 2.33 bits per heavy atom. The number of carbonyl (C=O) groups excluding carboxylic acids is 1. The molecule has 1 fully saturated rings. The van der Waals surface area contributed by atoms with E-state index >= 15 is 0 Å². The first-order valence-electron chi connectivity index (χ1n) is 5.70. The number of carbonyl (C=O) groups is 1. The maximum absolute atomic E-state index is 11.7. The molecule has 88 valence electrons. The molecule has 3 nitrogen and oxygen atoms in total. The van der Waals surface area contributed by atoms with E-state index in [0.29, 0.717) is 0 Å². The lowest BCUT2D eigenvalue weighted by atomic mass is 9.94. The molecule has 1 atom stereocenters. The summed E-state index contributed by atoms with van der Waals surface area (Å²) in [6.07, 6.45) is 3.93. The normalized spacial score (nSPS) is 28.9. The Kier molecular flexibility index (Phi) is 4.87. The summed E-state index contributed by atoms with van der Waals surface area (Å²) in [4.78, 5) is 11.7. The van der Waals surface area contributed by atoms with Gasteiger partial charge in [-0.15, -0.1) is 11.6 Å². The lowest BCUT2D eigenvalue weighted by Crippen LogP contribution is -2.48.